The summed E-state index contributed by atoms with van der Waals surface area (Å²) in [5, 5.41) is 12.3. The molecule has 2 aromatic rings. The summed E-state index contributed by atoms with van der Waals surface area (Å²) in [7, 11) is 0. The Morgan fingerprint density at radius 3 is 2.62 bits per heavy atom. The van der Waals surface area contributed by atoms with Crippen LogP contribution in [0.2, 0.25) is 0 Å². The van der Waals surface area contributed by atoms with Crippen molar-refractivity contribution < 1.29 is 14.3 Å². The zero-order valence-electron chi connectivity index (χ0n) is 11.2. The van der Waals surface area contributed by atoms with E-state index < -0.39 is 11.9 Å². The van der Waals surface area contributed by atoms with Crippen LogP contribution in [0.3, 0.4) is 0 Å². The lowest BCUT2D eigenvalue weighted by Crippen LogP contribution is -2.26. The number of carboxylic acid groups (broad SMARTS) is 1. The first-order valence-corrected chi connectivity index (χ1v) is 7.29. The minimum atomic E-state index is -0.900. The molecule has 0 heterocycles. The number of benzene rings is 2. The van der Waals surface area contributed by atoms with Gasteiger partial charge in [-0.2, -0.15) is 0 Å². The van der Waals surface area contributed by atoms with Gasteiger partial charge in [0, 0.05) is 23.1 Å². The Morgan fingerprint density at radius 2 is 1.95 bits per heavy atom. The predicted molar refractivity (Wildman–Crippen MR) is 82.6 cm³/mol. The summed E-state index contributed by atoms with van der Waals surface area (Å²) in [6.07, 6.45) is 0. The molecule has 0 saturated carbocycles. The van der Waals surface area contributed by atoms with Gasteiger partial charge in [-0.25, -0.2) is 4.39 Å². The van der Waals surface area contributed by atoms with Gasteiger partial charge in [0.05, 0.1) is 5.92 Å². The highest BCUT2D eigenvalue weighted by atomic mass is 79.9. The summed E-state index contributed by atoms with van der Waals surface area (Å²) < 4.78 is 14.4. The molecule has 1 unspecified atom stereocenters. The van der Waals surface area contributed by atoms with Crippen molar-refractivity contribution in [2.45, 2.75) is 12.5 Å². The first-order chi connectivity index (χ1) is 10.1. The molecule has 5 heteroatoms. The molecular weight excluding hydrogens is 337 g/mol. The molecule has 0 fully saturated rings. The maximum absolute atomic E-state index is 13.6. The molecule has 2 N–H and O–H groups in total. The van der Waals surface area contributed by atoms with Crippen molar-refractivity contribution >= 4 is 21.9 Å². The van der Waals surface area contributed by atoms with Gasteiger partial charge in [0.2, 0.25) is 0 Å². The molecular formula is C16H15BrFNO2. The Morgan fingerprint density at radius 1 is 1.24 bits per heavy atom. The van der Waals surface area contributed by atoms with Gasteiger partial charge in [-0.05, 0) is 23.8 Å². The third kappa shape index (κ3) is 4.37. The predicted octanol–water partition coefficient (Wildman–Crippen LogP) is 3.55. The lowest BCUT2D eigenvalue weighted by Gasteiger charge is -2.14. The maximum atomic E-state index is 13.6. The lowest BCUT2D eigenvalue weighted by molar-refractivity contribution is -0.138. The molecule has 2 aromatic carbocycles. The van der Waals surface area contributed by atoms with Crippen molar-refractivity contribution in [3.8, 4) is 0 Å². The summed E-state index contributed by atoms with van der Waals surface area (Å²) in [6.45, 7) is 0.521. The molecule has 0 bridgehead atoms. The number of rotatable bonds is 6. The van der Waals surface area contributed by atoms with E-state index in [2.05, 4.69) is 21.2 Å². The van der Waals surface area contributed by atoms with Gasteiger partial charge in [0.1, 0.15) is 5.82 Å². The molecule has 0 aliphatic rings. The molecule has 0 aromatic heterocycles. The molecule has 3 nitrogen and oxygen atoms in total. The van der Waals surface area contributed by atoms with Crippen LogP contribution in [0.4, 0.5) is 4.39 Å². The average Bonchev–Trinajstić information content (AvgIpc) is 2.47. The van der Waals surface area contributed by atoms with E-state index in [1.165, 1.54) is 6.07 Å². The van der Waals surface area contributed by atoms with E-state index in [4.69, 9.17) is 0 Å². The summed E-state index contributed by atoms with van der Waals surface area (Å²) in [5.41, 5.74) is 1.23. The Kier molecular flexibility index (Phi) is 5.47. The molecule has 0 spiro atoms. The van der Waals surface area contributed by atoms with Crippen molar-refractivity contribution in [2.75, 3.05) is 6.54 Å². The molecule has 1 atom stereocenters. The quantitative estimate of drug-likeness (QED) is 0.836. The smallest absolute Gasteiger partial charge is 0.312 e. The fraction of sp³-hybridized carbons (Fsp3) is 0.188. The first kappa shape index (κ1) is 15.7. The van der Waals surface area contributed by atoms with Crippen LogP contribution in [-0.2, 0) is 11.3 Å². The van der Waals surface area contributed by atoms with Crippen LogP contribution in [0.25, 0.3) is 0 Å². The fourth-order valence-electron chi connectivity index (χ4n) is 2.06. The van der Waals surface area contributed by atoms with E-state index >= 15 is 0 Å². The Bertz CT molecular complexity index is 619. The standard InChI is InChI=1S/C16H15BrFNO2/c17-13-6-7-15(18)12(8-13)9-19-10-14(16(20)21)11-4-2-1-3-5-11/h1-8,14,19H,9-10H2,(H,20,21). The highest BCUT2D eigenvalue weighted by Gasteiger charge is 2.19. The number of aliphatic carboxylic acids is 1. The molecule has 21 heavy (non-hydrogen) atoms. The first-order valence-electron chi connectivity index (χ1n) is 6.50. The Labute approximate surface area is 130 Å². The zero-order valence-corrected chi connectivity index (χ0v) is 12.8. The monoisotopic (exact) mass is 351 g/mol. The minimum Gasteiger partial charge on any atom is -0.481 e. The van der Waals surface area contributed by atoms with E-state index in [-0.39, 0.29) is 18.9 Å². The molecule has 0 aliphatic carbocycles. The van der Waals surface area contributed by atoms with Crippen molar-refractivity contribution in [1.82, 2.24) is 5.32 Å². The van der Waals surface area contributed by atoms with Gasteiger partial charge >= 0.3 is 5.97 Å². The van der Waals surface area contributed by atoms with E-state index in [0.717, 1.165) is 10.0 Å². The normalized spacial score (nSPS) is 12.1. The molecule has 0 saturated heterocycles. The van der Waals surface area contributed by atoms with E-state index in [1.54, 1.807) is 36.4 Å². The van der Waals surface area contributed by atoms with Crippen molar-refractivity contribution in [1.29, 1.82) is 0 Å². The van der Waals surface area contributed by atoms with Crippen LogP contribution < -0.4 is 5.32 Å². The Hall–Kier alpha value is -1.72. The third-order valence-electron chi connectivity index (χ3n) is 3.17. The summed E-state index contributed by atoms with van der Waals surface area (Å²) >= 11 is 3.29. The van der Waals surface area contributed by atoms with Crippen molar-refractivity contribution in [3.05, 3.63) is 69.9 Å². The summed E-state index contributed by atoms with van der Waals surface area (Å²) in [4.78, 5) is 11.3. The number of carbonyl (C=O) groups is 1. The molecule has 110 valence electrons. The van der Waals surface area contributed by atoms with Gasteiger partial charge in [-0.3, -0.25) is 4.79 Å². The van der Waals surface area contributed by atoms with Crippen LogP contribution in [0.1, 0.15) is 17.0 Å². The van der Waals surface area contributed by atoms with E-state index in [1.807, 2.05) is 6.07 Å². The molecule has 2 rings (SSSR count). The number of carboxylic acids is 1. The molecule has 0 amide bonds. The van der Waals surface area contributed by atoms with Crippen LogP contribution >= 0.6 is 15.9 Å². The SMILES string of the molecule is O=C(O)C(CNCc1cc(Br)ccc1F)c1ccccc1. The number of nitrogens with one attached hydrogen (secondary N) is 1. The lowest BCUT2D eigenvalue weighted by atomic mass is 9.99. The number of hydrogen-bond donors (Lipinski definition) is 2. The highest BCUT2D eigenvalue weighted by molar-refractivity contribution is 9.10. The second-order valence-electron chi connectivity index (χ2n) is 4.67. The summed E-state index contributed by atoms with van der Waals surface area (Å²) in [5.74, 6) is -1.86. The van der Waals surface area contributed by atoms with E-state index in [0.29, 0.717) is 5.56 Å². The molecule has 0 aliphatic heterocycles. The Balaban J connectivity index is 2.00. The fourth-order valence-corrected chi connectivity index (χ4v) is 2.47. The van der Waals surface area contributed by atoms with Crippen LogP contribution in [0.15, 0.2) is 53.0 Å². The van der Waals surface area contributed by atoms with Crippen molar-refractivity contribution in [2.24, 2.45) is 0 Å². The third-order valence-corrected chi connectivity index (χ3v) is 3.66. The van der Waals surface area contributed by atoms with Crippen LogP contribution in [0, 0.1) is 5.82 Å². The molecule has 0 radical (unpaired) electrons. The average molecular weight is 352 g/mol. The van der Waals surface area contributed by atoms with Gasteiger partial charge in [0.25, 0.3) is 0 Å². The number of hydrogen-bond acceptors (Lipinski definition) is 2. The summed E-state index contributed by atoms with van der Waals surface area (Å²) in [6, 6.07) is 13.7. The topological polar surface area (TPSA) is 49.3 Å². The van der Waals surface area contributed by atoms with Gasteiger partial charge in [0.15, 0.2) is 0 Å². The minimum absolute atomic E-state index is 0.241. The van der Waals surface area contributed by atoms with Gasteiger partial charge < -0.3 is 10.4 Å². The van der Waals surface area contributed by atoms with Crippen molar-refractivity contribution in [3.63, 3.8) is 0 Å². The zero-order chi connectivity index (χ0) is 15.2. The second kappa shape index (κ2) is 7.33. The highest BCUT2D eigenvalue weighted by Crippen LogP contribution is 2.17. The van der Waals surface area contributed by atoms with Gasteiger partial charge in [-0.1, -0.05) is 46.3 Å². The second-order valence-corrected chi connectivity index (χ2v) is 5.58. The number of halogens is 2. The van der Waals surface area contributed by atoms with Crippen LogP contribution in [-0.4, -0.2) is 17.6 Å². The largest absolute Gasteiger partial charge is 0.481 e. The maximum Gasteiger partial charge on any atom is 0.312 e. The van der Waals surface area contributed by atoms with Gasteiger partial charge in [-0.15, -0.1) is 0 Å². The van der Waals surface area contributed by atoms with Crippen LogP contribution in [0.5, 0.6) is 0 Å². The van der Waals surface area contributed by atoms with E-state index in [9.17, 15) is 14.3 Å².